The second-order valence-corrected chi connectivity index (χ2v) is 3.70. The first kappa shape index (κ1) is 10.8. The largest absolute Gasteiger partial charge is 0.464 e. The summed E-state index contributed by atoms with van der Waals surface area (Å²) < 4.78 is 4.95. The van der Waals surface area contributed by atoms with Crippen molar-refractivity contribution in [1.82, 2.24) is 4.90 Å². The Kier molecular flexibility index (Phi) is 3.56. The van der Waals surface area contributed by atoms with Crippen molar-refractivity contribution < 1.29 is 9.53 Å². The highest BCUT2D eigenvalue weighted by Crippen LogP contribution is 2.24. The molecule has 2 aliphatic heterocycles. The quantitative estimate of drug-likeness (QED) is 0.603. The smallest absolute Gasteiger partial charge is 0.323 e. The van der Waals surface area contributed by atoms with Gasteiger partial charge in [-0.15, -0.1) is 12.4 Å². The zero-order valence-electron chi connectivity index (χ0n) is 7.86. The summed E-state index contributed by atoms with van der Waals surface area (Å²) in [6.07, 6.45) is 3.35. The highest BCUT2D eigenvalue weighted by atomic mass is 35.5. The van der Waals surface area contributed by atoms with Crippen LogP contribution in [0.25, 0.3) is 0 Å². The number of hydrogen-bond acceptors (Lipinski definition) is 3. The molecule has 0 amide bonds. The predicted octanol–water partition coefficient (Wildman–Crippen LogP) is 1.21. The summed E-state index contributed by atoms with van der Waals surface area (Å²) in [6, 6.07) is 0.642. The van der Waals surface area contributed by atoms with Crippen LogP contribution in [0.1, 0.15) is 26.2 Å². The first-order chi connectivity index (χ1) is 5.79. The molecule has 0 spiro atoms. The molecule has 0 saturated carbocycles. The van der Waals surface area contributed by atoms with Crippen LogP contribution in [0, 0.1) is 0 Å². The van der Waals surface area contributed by atoms with E-state index in [-0.39, 0.29) is 24.4 Å². The minimum Gasteiger partial charge on any atom is -0.464 e. The average molecular weight is 206 g/mol. The van der Waals surface area contributed by atoms with Crippen molar-refractivity contribution in [2.45, 2.75) is 38.3 Å². The molecule has 2 heterocycles. The van der Waals surface area contributed by atoms with Gasteiger partial charge in [-0.1, -0.05) is 0 Å². The molecule has 13 heavy (non-hydrogen) atoms. The summed E-state index contributed by atoms with van der Waals surface area (Å²) in [6.45, 7) is 3.88. The number of ether oxygens (including phenoxy) is 1. The Labute approximate surface area is 84.8 Å². The monoisotopic (exact) mass is 205 g/mol. The van der Waals surface area contributed by atoms with Crippen LogP contribution in [0.4, 0.5) is 0 Å². The molecule has 0 aromatic heterocycles. The maximum absolute atomic E-state index is 11.2. The number of likely N-dealkylation sites (tertiary alicyclic amines) is 1. The predicted molar refractivity (Wildman–Crippen MR) is 52.0 cm³/mol. The summed E-state index contributed by atoms with van der Waals surface area (Å²) in [5.41, 5.74) is 0. The minimum absolute atomic E-state index is 0. The fraction of sp³-hybridized carbons (Fsp3) is 0.889. The van der Waals surface area contributed by atoms with E-state index >= 15 is 0 Å². The molecule has 2 atom stereocenters. The first-order valence-electron chi connectivity index (χ1n) is 4.71. The van der Waals surface area contributed by atoms with E-state index in [1.54, 1.807) is 0 Å². The molecule has 2 fully saturated rings. The molecule has 2 unspecified atom stereocenters. The second kappa shape index (κ2) is 4.29. The van der Waals surface area contributed by atoms with E-state index in [0.717, 1.165) is 13.0 Å². The fourth-order valence-corrected chi connectivity index (χ4v) is 2.20. The average Bonchev–Trinajstić information content (AvgIpc) is 2.59. The van der Waals surface area contributed by atoms with Gasteiger partial charge in [0.2, 0.25) is 0 Å². The number of cyclic esters (lactones) is 1. The maximum atomic E-state index is 11.2. The van der Waals surface area contributed by atoms with E-state index in [1.165, 1.54) is 12.8 Å². The molecule has 2 saturated heterocycles. The standard InChI is InChI=1S/C9H15NO2.ClH/c1-7-3-2-5-10(7)8-4-6-12-9(8)11;/h7-8H,2-6H2,1H3;1H. The van der Waals surface area contributed by atoms with Gasteiger partial charge in [0.25, 0.3) is 0 Å². The van der Waals surface area contributed by atoms with Crippen molar-refractivity contribution in [2.24, 2.45) is 0 Å². The summed E-state index contributed by atoms with van der Waals surface area (Å²) in [5, 5.41) is 0. The summed E-state index contributed by atoms with van der Waals surface area (Å²) >= 11 is 0. The Morgan fingerprint density at radius 2 is 2.23 bits per heavy atom. The zero-order chi connectivity index (χ0) is 8.55. The fourth-order valence-electron chi connectivity index (χ4n) is 2.20. The molecular formula is C9H16ClNO2. The molecule has 3 nitrogen and oxygen atoms in total. The van der Waals surface area contributed by atoms with E-state index in [1.807, 2.05) is 0 Å². The van der Waals surface area contributed by atoms with Gasteiger partial charge in [0.1, 0.15) is 6.04 Å². The van der Waals surface area contributed by atoms with E-state index in [0.29, 0.717) is 12.6 Å². The van der Waals surface area contributed by atoms with Crippen LogP contribution in [-0.2, 0) is 9.53 Å². The molecule has 0 N–H and O–H groups in total. The third kappa shape index (κ3) is 1.97. The van der Waals surface area contributed by atoms with Crippen LogP contribution in [0.5, 0.6) is 0 Å². The molecule has 4 heteroatoms. The topological polar surface area (TPSA) is 29.5 Å². The maximum Gasteiger partial charge on any atom is 0.323 e. The highest BCUT2D eigenvalue weighted by Gasteiger charge is 2.36. The molecule has 0 bridgehead atoms. The van der Waals surface area contributed by atoms with E-state index in [4.69, 9.17) is 4.74 Å². The molecule has 0 aromatic rings. The molecular weight excluding hydrogens is 190 g/mol. The lowest BCUT2D eigenvalue weighted by atomic mass is 10.2. The Bertz CT molecular complexity index is 198. The van der Waals surface area contributed by atoms with Gasteiger partial charge >= 0.3 is 5.97 Å². The lowest BCUT2D eigenvalue weighted by molar-refractivity contribution is -0.142. The number of esters is 1. The van der Waals surface area contributed by atoms with Gasteiger partial charge in [-0.25, -0.2) is 0 Å². The first-order valence-corrected chi connectivity index (χ1v) is 4.71. The van der Waals surface area contributed by atoms with Crippen molar-refractivity contribution in [2.75, 3.05) is 13.2 Å². The normalized spacial score (nSPS) is 34.4. The molecule has 76 valence electrons. The van der Waals surface area contributed by atoms with E-state index in [9.17, 15) is 4.79 Å². The molecule has 0 aromatic carbocycles. The third-order valence-electron chi connectivity index (χ3n) is 2.91. The third-order valence-corrected chi connectivity index (χ3v) is 2.91. The molecule has 0 radical (unpaired) electrons. The van der Waals surface area contributed by atoms with Crippen molar-refractivity contribution in [1.29, 1.82) is 0 Å². The minimum atomic E-state index is -0.0104. The number of hydrogen-bond donors (Lipinski definition) is 0. The van der Waals surface area contributed by atoms with Gasteiger partial charge in [0, 0.05) is 12.5 Å². The number of halogens is 1. The Morgan fingerprint density at radius 1 is 1.46 bits per heavy atom. The summed E-state index contributed by atoms with van der Waals surface area (Å²) in [7, 11) is 0. The van der Waals surface area contributed by atoms with Crippen LogP contribution in [-0.4, -0.2) is 36.1 Å². The van der Waals surface area contributed by atoms with Crippen LogP contribution in [0.2, 0.25) is 0 Å². The van der Waals surface area contributed by atoms with Crippen molar-refractivity contribution >= 4 is 18.4 Å². The van der Waals surface area contributed by atoms with Gasteiger partial charge in [-0.05, 0) is 26.3 Å². The molecule has 2 aliphatic rings. The van der Waals surface area contributed by atoms with Crippen molar-refractivity contribution in [3.63, 3.8) is 0 Å². The lowest BCUT2D eigenvalue weighted by Crippen LogP contribution is -2.40. The number of rotatable bonds is 1. The van der Waals surface area contributed by atoms with Gasteiger partial charge in [0.15, 0.2) is 0 Å². The second-order valence-electron chi connectivity index (χ2n) is 3.70. The summed E-state index contributed by atoms with van der Waals surface area (Å²) in [4.78, 5) is 13.5. The van der Waals surface area contributed by atoms with Crippen LogP contribution in [0.3, 0.4) is 0 Å². The van der Waals surface area contributed by atoms with Crippen LogP contribution in [0.15, 0.2) is 0 Å². The van der Waals surface area contributed by atoms with E-state index < -0.39 is 0 Å². The van der Waals surface area contributed by atoms with Gasteiger partial charge < -0.3 is 4.74 Å². The molecule has 0 aliphatic carbocycles. The van der Waals surface area contributed by atoms with E-state index in [2.05, 4.69) is 11.8 Å². The number of carbonyl (C=O) groups is 1. The van der Waals surface area contributed by atoms with Crippen molar-refractivity contribution in [3.05, 3.63) is 0 Å². The Balaban J connectivity index is 0.000000845. The lowest BCUT2D eigenvalue weighted by Gasteiger charge is -2.24. The molecule has 2 rings (SSSR count). The Hall–Kier alpha value is -0.280. The van der Waals surface area contributed by atoms with Crippen LogP contribution >= 0.6 is 12.4 Å². The van der Waals surface area contributed by atoms with Crippen molar-refractivity contribution in [3.8, 4) is 0 Å². The highest BCUT2D eigenvalue weighted by molar-refractivity contribution is 5.85. The Morgan fingerprint density at radius 3 is 2.69 bits per heavy atom. The zero-order valence-corrected chi connectivity index (χ0v) is 8.68. The number of carbonyl (C=O) groups excluding carboxylic acids is 1. The van der Waals surface area contributed by atoms with Crippen LogP contribution < -0.4 is 0 Å². The summed E-state index contributed by atoms with van der Waals surface area (Å²) in [5.74, 6) is -0.0104. The number of nitrogens with zero attached hydrogens (tertiary/aromatic N) is 1. The van der Waals surface area contributed by atoms with Gasteiger partial charge in [-0.3, -0.25) is 9.69 Å². The SMILES string of the molecule is CC1CCCN1C1CCOC1=O.Cl. The van der Waals surface area contributed by atoms with Gasteiger partial charge in [0.05, 0.1) is 6.61 Å². The van der Waals surface area contributed by atoms with Gasteiger partial charge in [-0.2, -0.15) is 0 Å².